The van der Waals surface area contributed by atoms with Crippen molar-refractivity contribution in [3.63, 3.8) is 0 Å². The number of amides is 1. The number of nitrogens with one attached hydrogen (secondary N) is 1. The first kappa shape index (κ1) is 13.5. The molecule has 1 aromatic rings. The highest BCUT2D eigenvalue weighted by Crippen LogP contribution is 2.36. The van der Waals surface area contributed by atoms with Crippen molar-refractivity contribution in [1.29, 1.82) is 0 Å². The quantitative estimate of drug-likeness (QED) is 0.850. The molecule has 0 bridgehead atoms. The monoisotopic (exact) mass is 269 g/mol. The molecule has 100 valence electrons. The molecule has 0 saturated heterocycles. The van der Waals surface area contributed by atoms with Crippen molar-refractivity contribution >= 4 is 17.5 Å². The van der Waals surface area contributed by atoms with Crippen LogP contribution in [0.5, 0.6) is 0 Å². The maximum atomic E-state index is 11.9. The van der Waals surface area contributed by atoms with Crippen molar-refractivity contribution in [2.45, 2.75) is 39.0 Å². The van der Waals surface area contributed by atoms with Gasteiger partial charge in [-0.2, -0.15) is 0 Å². The zero-order chi connectivity index (χ0) is 13.0. The Balaban J connectivity index is 1.91. The molecule has 1 heterocycles. The fourth-order valence-electron chi connectivity index (χ4n) is 2.59. The normalized spacial score (nSPS) is 18.6. The summed E-state index contributed by atoms with van der Waals surface area (Å²) in [6.07, 6.45) is 7.44. The second-order valence-electron chi connectivity index (χ2n) is 5.32. The van der Waals surface area contributed by atoms with E-state index in [1.165, 1.54) is 25.5 Å². The van der Waals surface area contributed by atoms with Crippen LogP contribution in [0.15, 0.2) is 16.7 Å². The zero-order valence-corrected chi connectivity index (χ0v) is 11.6. The first-order valence-corrected chi connectivity index (χ1v) is 7.08. The molecule has 1 amide bonds. The van der Waals surface area contributed by atoms with Crippen LogP contribution in [0.25, 0.3) is 0 Å². The van der Waals surface area contributed by atoms with Gasteiger partial charge in [-0.05, 0) is 25.8 Å². The van der Waals surface area contributed by atoms with Crippen LogP contribution in [0.4, 0.5) is 0 Å². The van der Waals surface area contributed by atoms with Gasteiger partial charge in [-0.25, -0.2) is 0 Å². The van der Waals surface area contributed by atoms with Crippen molar-refractivity contribution in [2.24, 2.45) is 5.41 Å². The minimum absolute atomic E-state index is 0.0677. The summed E-state index contributed by atoms with van der Waals surface area (Å²) >= 11 is 6.10. The highest BCUT2D eigenvalue weighted by atomic mass is 35.5. The van der Waals surface area contributed by atoms with Gasteiger partial charge in [0.15, 0.2) is 0 Å². The lowest BCUT2D eigenvalue weighted by molar-refractivity contribution is 0.0920. The fraction of sp³-hybridized carbons (Fsp3) is 0.643. The highest BCUT2D eigenvalue weighted by Gasteiger charge is 2.31. The van der Waals surface area contributed by atoms with E-state index in [4.69, 9.17) is 16.0 Å². The Morgan fingerprint density at radius 1 is 1.44 bits per heavy atom. The lowest BCUT2D eigenvalue weighted by atomic mass is 9.75. The van der Waals surface area contributed by atoms with Gasteiger partial charge < -0.3 is 9.73 Å². The van der Waals surface area contributed by atoms with Crippen LogP contribution in [-0.2, 0) is 0 Å². The van der Waals surface area contributed by atoms with Crippen LogP contribution in [0.2, 0.25) is 0 Å². The molecule has 0 aromatic carbocycles. The lowest BCUT2D eigenvalue weighted by Crippen LogP contribution is -2.40. The van der Waals surface area contributed by atoms with E-state index in [1.807, 2.05) is 6.92 Å². The maximum Gasteiger partial charge on any atom is 0.254 e. The van der Waals surface area contributed by atoms with E-state index in [9.17, 15) is 4.79 Å². The molecule has 4 heteroatoms. The first-order valence-electron chi connectivity index (χ1n) is 6.55. The smallest absolute Gasteiger partial charge is 0.254 e. The van der Waals surface area contributed by atoms with E-state index < -0.39 is 0 Å². The van der Waals surface area contributed by atoms with Gasteiger partial charge in [0.25, 0.3) is 5.91 Å². The number of hydrogen-bond acceptors (Lipinski definition) is 2. The fourth-order valence-corrected chi connectivity index (χ4v) is 2.95. The molecule has 18 heavy (non-hydrogen) atoms. The summed E-state index contributed by atoms with van der Waals surface area (Å²) in [6, 6.07) is 1.75. The van der Waals surface area contributed by atoms with Gasteiger partial charge in [-0.15, -0.1) is 11.6 Å². The largest absolute Gasteiger partial charge is 0.469 e. The Kier molecular flexibility index (Phi) is 4.33. The summed E-state index contributed by atoms with van der Waals surface area (Å²) in [5.41, 5.74) is 0.682. The van der Waals surface area contributed by atoms with E-state index in [2.05, 4.69) is 5.32 Å². The average Bonchev–Trinajstić information content (AvgIpc) is 2.84. The van der Waals surface area contributed by atoms with Gasteiger partial charge >= 0.3 is 0 Å². The molecule has 1 aromatic heterocycles. The van der Waals surface area contributed by atoms with Crippen LogP contribution < -0.4 is 5.32 Å². The second kappa shape index (κ2) is 5.79. The Morgan fingerprint density at radius 2 is 2.17 bits per heavy atom. The van der Waals surface area contributed by atoms with E-state index >= 15 is 0 Å². The molecule has 2 rings (SSSR count). The highest BCUT2D eigenvalue weighted by molar-refractivity contribution is 6.18. The molecule has 0 radical (unpaired) electrons. The van der Waals surface area contributed by atoms with Crippen molar-refractivity contribution < 1.29 is 9.21 Å². The van der Waals surface area contributed by atoms with Crippen LogP contribution in [0, 0.1) is 12.3 Å². The standard InChI is InChI=1S/C14H20ClNO2/c1-11-7-12(8-18-11)13(17)16-10-14(9-15)5-3-2-4-6-14/h7-8H,2-6,9-10H2,1H3,(H,16,17). The number of carbonyl (C=O) groups excluding carboxylic acids is 1. The Bertz CT molecular complexity index is 408. The number of hydrogen-bond donors (Lipinski definition) is 1. The van der Waals surface area contributed by atoms with Crippen molar-refractivity contribution in [3.05, 3.63) is 23.7 Å². The zero-order valence-electron chi connectivity index (χ0n) is 10.8. The molecule has 0 unspecified atom stereocenters. The molecule has 3 nitrogen and oxygen atoms in total. The van der Waals surface area contributed by atoms with Crippen molar-refractivity contribution in [2.75, 3.05) is 12.4 Å². The maximum absolute atomic E-state index is 11.9. The van der Waals surface area contributed by atoms with Crippen molar-refractivity contribution in [3.8, 4) is 0 Å². The topological polar surface area (TPSA) is 42.2 Å². The van der Waals surface area contributed by atoms with Gasteiger partial charge in [0, 0.05) is 17.8 Å². The predicted octanol–water partition coefficient (Wildman–Crippen LogP) is 3.51. The second-order valence-corrected chi connectivity index (χ2v) is 5.59. The molecular weight excluding hydrogens is 250 g/mol. The Morgan fingerprint density at radius 3 is 2.72 bits per heavy atom. The third-order valence-electron chi connectivity index (χ3n) is 3.81. The molecule has 1 N–H and O–H groups in total. The minimum Gasteiger partial charge on any atom is -0.469 e. The minimum atomic E-state index is -0.0677. The van der Waals surface area contributed by atoms with E-state index in [-0.39, 0.29) is 11.3 Å². The summed E-state index contributed by atoms with van der Waals surface area (Å²) < 4.78 is 5.14. The summed E-state index contributed by atoms with van der Waals surface area (Å²) in [7, 11) is 0. The van der Waals surface area contributed by atoms with Gasteiger partial charge in [-0.1, -0.05) is 19.3 Å². The molecule has 1 saturated carbocycles. The number of rotatable bonds is 4. The predicted molar refractivity (Wildman–Crippen MR) is 72.0 cm³/mol. The third kappa shape index (κ3) is 3.08. The summed E-state index contributed by atoms with van der Waals surface area (Å²) in [6.45, 7) is 2.50. The van der Waals surface area contributed by atoms with E-state index in [1.54, 1.807) is 6.07 Å². The molecule has 1 fully saturated rings. The van der Waals surface area contributed by atoms with Gasteiger partial charge in [-0.3, -0.25) is 4.79 Å². The van der Waals surface area contributed by atoms with Gasteiger partial charge in [0.2, 0.25) is 0 Å². The first-order chi connectivity index (χ1) is 8.65. The Hall–Kier alpha value is -0.960. The van der Waals surface area contributed by atoms with Gasteiger partial charge in [0.1, 0.15) is 12.0 Å². The van der Waals surface area contributed by atoms with E-state index in [0.717, 1.165) is 18.6 Å². The molecular formula is C14H20ClNO2. The van der Waals surface area contributed by atoms with Crippen molar-refractivity contribution in [1.82, 2.24) is 5.32 Å². The van der Waals surface area contributed by atoms with Crippen LogP contribution in [0.3, 0.4) is 0 Å². The molecule has 1 aliphatic carbocycles. The summed E-state index contributed by atoms with van der Waals surface area (Å²) in [5.74, 6) is 1.31. The van der Waals surface area contributed by atoms with Crippen LogP contribution >= 0.6 is 11.6 Å². The number of aryl methyl sites for hydroxylation is 1. The lowest BCUT2D eigenvalue weighted by Gasteiger charge is -2.35. The Labute approximate surface area is 113 Å². The third-order valence-corrected chi connectivity index (χ3v) is 4.38. The number of halogens is 1. The molecule has 1 aliphatic rings. The SMILES string of the molecule is Cc1cc(C(=O)NCC2(CCl)CCCCC2)co1. The number of furan rings is 1. The molecule has 0 spiro atoms. The average molecular weight is 270 g/mol. The van der Waals surface area contributed by atoms with Crippen LogP contribution in [0.1, 0.15) is 48.2 Å². The molecule has 0 aliphatic heterocycles. The summed E-state index contributed by atoms with van der Waals surface area (Å²) in [5, 5.41) is 2.99. The number of carbonyl (C=O) groups is 1. The van der Waals surface area contributed by atoms with E-state index in [0.29, 0.717) is 18.0 Å². The number of alkyl halides is 1. The van der Waals surface area contributed by atoms with Crippen LogP contribution in [-0.4, -0.2) is 18.3 Å². The van der Waals surface area contributed by atoms with Gasteiger partial charge in [0.05, 0.1) is 5.56 Å². The molecule has 0 atom stereocenters. The summed E-state index contributed by atoms with van der Waals surface area (Å²) in [4.78, 5) is 11.9.